The molecule has 11 atom stereocenters. The van der Waals surface area contributed by atoms with Crippen LogP contribution in [-0.2, 0) is 38.6 Å². The molecule has 1 N–H and O–H groups in total. The number of rotatable bonds is 15. The Labute approximate surface area is 263 Å². The Balaban J connectivity index is 0.728. The fraction of sp³-hybridized carbons (Fsp3) is 0.629. The van der Waals surface area contributed by atoms with E-state index in [0.717, 1.165) is 17.9 Å². The zero-order chi connectivity index (χ0) is 30.7. The molecule has 0 aliphatic carbocycles. The highest BCUT2D eigenvalue weighted by Crippen LogP contribution is 2.52. The third-order valence-corrected chi connectivity index (χ3v) is 10.4. The topological polar surface area (TPSA) is 118 Å². The van der Waals surface area contributed by atoms with Gasteiger partial charge in [0.05, 0.1) is 50.7 Å². The van der Waals surface area contributed by atoms with Gasteiger partial charge in [-0.2, -0.15) is 0 Å². The summed E-state index contributed by atoms with van der Waals surface area (Å²) in [6, 6.07) is 16.3. The minimum absolute atomic E-state index is 0.00292. The summed E-state index contributed by atoms with van der Waals surface area (Å²) >= 11 is 0. The Bertz CT molecular complexity index is 1360. The smallest absolute Gasteiger partial charge is 0.311 e. The number of carbonyl (C=O) groups is 1. The Morgan fingerprint density at radius 2 is 1.29 bits per heavy atom. The van der Waals surface area contributed by atoms with Crippen molar-refractivity contribution in [2.45, 2.75) is 100 Å². The summed E-state index contributed by atoms with van der Waals surface area (Å²) in [5.74, 6) is 1.21. The van der Waals surface area contributed by atoms with Gasteiger partial charge >= 0.3 is 5.97 Å². The minimum Gasteiger partial charge on any atom is -0.494 e. The maximum Gasteiger partial charge on any atom is 0.311 e. The van der Waals surface area contributed by atoms with Gasteiger partial charge in [-0.25, -0.2) is 0 Å². The van der Waals surface area contributed by atoms with Gasteiger partial charge in [-0.05, 0) is 48.2 Å². The van der Waals surface area contributed by atoms with E-state index in [1.54, 1.807) is 0 Å². The van der Waals surface area contributed by atoms with Crippen LogP contribution in [0.25, 0.3) is 0 Å². The Morgan fingerprint density at radius 1 is 0.733 bits per heavy atom. The van der Waals surface area contributed by atoms with E-state index in [0.29, 0.717) is 45.7 Å². The second kappa shape index (κ2) is 11.8. The molecule has 6 fully saturated rings. The van der Waals surface area contributed by atoms with Crippen LogP contribution in [0.1, 0.15) is 50.7 Å². The van der Waals surface area contributed by atoms with Gasteiger partial charge in [-0.3, -0.25) is 4.79 Å². The number of carbonyl (C=O) groups excluding carboxylic acids is 1. The largest absolute Gasteiger partial charge is 0.494 e. The normalized spacial score (nSPS) is 35.5. The zero-order valence-corrected chi connectivity index (χ0v) is 25.7. The number of epoxide rings is 2. The molecule has 10 nitrogen and oxygen atoms in total. The summed E-state index contributed by atoms with van der Waals surface area (Å²) in [4.78, 5) is 12.4. The molecule has 0 spiro atoms. The standard InChI is InChI=1S/C35H42O10/c1-35(2,19-5-9-21(10-6-19)38-13-3-15-40-33(36)23-17-25-29-31(44-29)27(23)42-25)20-7-11-22(12-8-20)39-14-4-16-41-34(37)24-18-26-30-32(45-30)28(24)43-26/h5-12,23-33,36H,3-4,13-18H2,1-2H3. The van der Waals surface area contributed by atoms with Crippen LogP contribution in [0.2, 0.25) is 0 Å². The average Bonchev–Trinajstić information content (AvgIpc) is 3.88. The van der Waals surface area contributed by atoms with E-state index in [2.05, 4.69) is 38.1 Å². The van der Waals surface area contributed by atoms with Gasteiger partial charge in [0.25, 0.3) is 0 Å². The van der Waals surface area contributed by atoms with Crippen LogP contribution in [0.4, 0.5) is 0 Å². The summed E-state index contributed by atoms with van der Waals surface area (Å²) in [7, 11) is 0. The van der Waals surface area contributed by atoms with E-state index >= 15 is 0 Å². The maximum absolute atomic E-state index is 12.4. The molecular formula is C35H42O10. The first-order chi connectivity index (χ1) is 21.9. The number of hydrogen-bond acceptors (Lipinski definition) is 10. The van der Waals surface area contributed by atoms with E-state index in [-0.39, 0.29) is 72.1 Å². The monoisotopic (exact) mass is 622 g/mol. The van der Waals surface area contributed by atoms with Crippen molar-refractivity contribution in [3.63, 3.8) is 0 Å². The fourth-order valence-electron chi connectivity index (χ4n) is 7.66. The van der Waals surface area contributed by atoms with Crippen molar-refractivity contribution in [3.8, 4) is 11.5 Å². The quantitative estimate of drug-likeness (QED) is 0.137. The SMILES string of the molecule is CC(C)(c1ccc(OCCCOC(=O)C2CC3OC2C2OC32)cc1)c1ccc(OCCCOC(O)C2CC3OC2C2OC32)cc1. The van der Waals surface area contributed by atoms with Crippen molar-refractivity contribution in [3.05, 3.63) is 59.7 Å². The lowest BCUT2D eigenvalue weighted by Gasteiger charge is -2.26. The number of aliphatic hydroxyl groups is 1. The van der Waals surface area contributed by atoms with Gasteiger partial charge in [0, 0.05) is 24.2 Å². The second-order valence-electron chi connectivity index (χ2n) is 13.7. The molecule has 0 aromatic heterocycles. The van der Waals surface area contributed by atoms with E-state index < -0.39 is 6.29 Å². The Morgan fingerprint density at radius 3 is 1.84 bits per heavy atom. The van der Waals surface area contributed by atoms with Gasteiger partial charge in [0.1, 0.15) is 42.0 Å². The van der Waals surface area contributed by atoms with Crippen molar-refractivity contribution in [2.24, 2.45) is 11.8 Å². The van der Waals surface area contributed by atoms with E-state index in [9.17, 15) is 9.90 Å². The number of ether oxygens (including phenoxy) is 8. The summed E-state index contributed by atoms with van der Waals surface area (Å²) in [5, 5.41) is 10.4. The highest BCUT2D eigenvalue weighted by molar-refractivity contribution is 5.74. The minimum atomic E-state index is -0.821. The molecule has 2 aromatic carbocycles. The van der Waals surface area contributed by atoms with Crippen molar-refractivity contribution < 1.29 is 47.8 Å². The fourth-order valence-corrected chi connectivity index (χ4v) is 7.66. The van der Waals surface area contributed by atoms with Crippen molar-refractivity contribution in [1.82, 2.24) is 0 Å². The number of esters is 1. The summed E-state index contributed by atoms with van der Waals surface area (Å²) < 4.78 is 45.8. The molecule has 45 heavy (non-hydrogen) atoms. The van der Waals surface area contributed by atoms with Crippen LogP contribution in [0, 0.1) is 11.8 Å². The average molecular weight is 623 g/mol. The molecule has 8 rings (SSSR count). The Hall–Kier alpha value is -2.73. The van der Waals surface area contributed by atoms with Gasteiger partial charge < -0.3 is 43.0 Å². The van der Waals surface area contributed by atoms with Gasteiger partial charge in [0.2, 0.25) is 0 Å². The van der Waals surface area contributed by atoms with Crippen LogP contribution in [-0.4, -0.2) is 92.6 Å². The summed E-state index contributed by atoms with van der Waals surface area (Å²) in [6.07, 6.45) is 2.77. The predicted octanol–water partition coefficient (Wildman–Crippen LogP) is 3.54. The van der Waals surface area contributed by atoms with Gasteiger partial charge in [0.15, 0.2) is 6.29 Å². The highest BCUT2D eigenvalue weighted by atomic mass is 16.7. The third kappa shape index (κ3) is 5.74. The molecule has 0 amide bonds. The van der Waals surface area contributed by atoms with Crippen LogP contribution >= 0.6 is 0 Å². The van der Waals surface area contributed by atoms with Crippen LogP contribution in [0.3, 0.4) is 0 Å². The van der Waals surface area contributed by atoms with Crippen LogP contribution < -0.4 is 9.47 Å². The number of benzene rings is 2. The first kappa shape index (κ1) is 29.7. The number of fused-ring (bicyclic) bond motifs is 10. The zero-order valence-electron chi connectivity index (χ0n) is 25.7. The lowest BCUT2D eigenvalue weighted by molar-refractivity contribution is -0.151. The van der Waals surface area contributed by atoms with Crippen molar-refractivity contribution >= 4 is 5.97 Å². The molecule has 11 unspecified atom stereocenters. The van der Waals surface area contributed by atoms with Crippen molar-refractivity contribution in [1.29, 1.82) is 0 Å². The van der Waals surface area contributed by atoms with Crippen molar-refractivity contribution in [2.75, 3.05) is 26.4 Å². The molecule has 6 saturated heterocycles. The summed E-state index contributed by atoms with van der Waals surface area (Å²) in [5.41, 5.74) is 2.14. The number of hydrogen-bond donors (Lipinski definition) is 1. The Kier molecular flexibility index (Phi) is 7.79. The van der Waals surface area contributed by atoms with E-state index in [1.165, 1.54) is 11.1 Å². The van der Waals surface area contributed by atoms with E-state index in [4.69, 9.17) is 37.9 Å². The molecule has 2 aromatic rings. The first-order valence-electron chi connectivity index (χ1n) is 16.4. The molecule has 6 heterocycles. The lowest BCUT2D eigenvalue weighted by Crippen LogP contribution is -2.35. The summed E-state index contributed by atoms with van der Waals surface area (Å²) in [6.45, 7) is 6.13. The third-order valence-electron chi connectivity index (χ3n) is 10.4. The lowest BCUT2D eigenvalue weighted by atomic mass is 9.78. The molecule has 6 aliphatic rings. The van der Waals surface area contributed by atoms with Gasteiger partial charge in [-0.1, -0.05) is 38.1 Å². The molecule has 10 heteroatoms. The highest BCUT2D eigenvalue weighted by Gasteiger charge is 2.67. The van der Waals surface area contributed by atoms with Crippen LogP contribution in [0.5, 0.6) is 11.5 Å². The molecule has 0 saturated carbocycles. The molecule has 242 valence electrons. The molecule has 4 bridgehead atoms. The molecule has 6 aliphatic heterocycles. The first-order valence-corrected chi connectivity index (χ1v) is 16.4. The predicted molar refractivity (Wildman–Crippen MR) is 159 cm³/mol. The maximum atomic E-state index is 12.4. The second-order valence-corrected chi connectivity index (χ2v) is 13.7. The van der Waals surface area contributed by atoms with E-state index in [1.807, 2.05) is 24.3 Å². The molecule has 0 radical (unpaired) electrons. The number of aliphatic hydroxyl groups excluding tert-OH is 1. The van der Waals surface area contributed by atoms with Crippen LogP contribution in [0.15, 0.2) is 48.5 Å². The van der Waals surface area contributed by atoms with Gasteiger partial charge in [-0.15, -0.1) is 0 Å². The molecular weight excluding hydrogens is 580 g/mol.